The molecule has 2 aromatic rings. The minimum Gasteiger partial charge on any atom is -0.337 e. The van der Waals surface area contributed by atoms with E-state index in [9.17, 15) is 9.59 Å². The molecular weight excluding hydrogens is 344 g/mol. The molecule has 3 rings (SSSR count). The van der Waals surface area contributed by atoms with Gasteiger partial charge in [0.25, 0.3) is 5.56 Å². The predicted octanol–water partition coefficient (Wildman–Crippen LogP) is 1.72. The second kappa shape index (κ2) is 7.67. The van der Waals surface area contributed by atoms with Gasteiger partial charge in [-0.15, -0.1) is 23.1 Å². The van der Waals surface area contributed by atoms with Gasteiger partial charge in [-0.1, -0.05) is 0 Å². The Bertz CT molecular complexity index is 771. The Labute approximate surface area is 149 Å². The van der Waals surface area contributed by atoms with Gasteiger partial charge < -0.3 is 10.6 Å². The first kappa shape index (κ1) is 17.4. The SMILES string of the molecule is CC(N)C1CCCCN1C(=O)CSCc1cc(=O)n2ccsc2n1. The van der Waals surface area contributed by atoms with Gasteiger partial charge in [-0.3, -0.25) is 14.0 Å². The molecule has 1 aliphatic rings. The van der Waals surface area contributed by atoms with Crippen molar-refractivity contribution in [2.24, 2.45) is 5.73 Å². The topological polar surface area (TPSA) is 80.7 Å². The predicted molar refractivity (Wildman–Crippen MR) is 98.5 cm³/mol. The van der Waals surface area contributed by atoms with Crippen LogP contribution in [0.4, 0.5) is 0 Å². The second-order valence-electron chi connectivity index (χ2n) is 6.14. The third kappa shape index (κ3) is 3.81. The number of nitrogens with zero attached hydrogens (tertiary/aromatic N) is 3. The zero-order chi connectivity index (χ0) is 17.1. The molecule has 0 aliphatic carbocycles. The zero-order valence-corrected chi connectivity index (χ0v) is 15.3. The molecule has 1 saturated heterocycles. The lowest BCUT2D eigenvalue weighted by molar-refractivity contribution is -0.132. The smallest absolute Gasteiger partial charge is 0.258 e. The summed E-state index contributed by atoms with van der Waals surface area (Å²) in [4.78, 5) is 31.6. The van der Waals surface area contributed by atoms with Gasteiger partial charge in [0, 0.05) is 42.0 Å². The average Bonchev–Trinajstić information content (AvgIpc) is 3.04. The number of aromatic nitrogens is 2. The van der Waals surface area contributed by atoms with Crippen molar-refractivity contribution < 1.29 is 4.79 Å². The van der Waals surface area contributed by atoms with E-state index in [0.29, 0.717) is 16.5 Å². The molecule has 6 nitrogen and oxygen atoms in total. The van der Waals surface area contributed by atoms with Crippen molar-refractivity contribution in [1.82, 2.24) is 14.3 Å². The Morgan fingerprint density at radius 1 is 1.54 bits per heavy atom. The van der Waals surface area contributed by atoms with Crippen LogP contribution >= 0.6 is 23.1 Å². The van der Waals surface area contributed by atoms with Crippen LogP contribution in [0.3, 0.4) is 0 Å². The van der Waals surface area contributed by atoms with Gasteiger partial charge in [0.1, 0.15) is 0 Å². The van der Waals surface area contributed by atoms with Gasteiger partial charge in [0.15, 0.2) is 4.96 Å². The number of carbonyl (C=O) groups excluding carboxylic acids is 1. The van der Waals surface area contributed by atoms with Crippen LogP contribution in [-0.4, -0.2) is 44.6 Å². The number of hydrogen-bond acceptors (Lipinski definition) is 6. The summed E-state index contributed by atoms with van der Waals surface area (Å²) < 4.78 is 1.53. The van der Waals surface area contributed by atoms with Crippen molar-refractivity contribution >= 4 is 34.0 Å². The lowest BCUT2D eigenvalue weighted by atomic mass is 9.97. The van der Waals surface area contributed by atoms with Crippen LogP contribution in [0.5, 0.6) is 0 Å². The van der Waals surface area contributed by atoms with Crippen LogP contribution in [0.15, 0.2) is 22.4 Å². The molecular formula is C16H22N4O2S2. The molecule has 0 spiro atoms. The fourth-order valence-corrected chi connectivity index (χ4v) is 4.64. The zero-order valence-electron chi connectivity index (χ0n) is 13.7. The fourth-order valence-electron chi connectivity index (χ4n) is 3.10. The van der Waals surface area contributed by atoms with Crippen molar-refractivity contribution in [3.05, 3.63) is 33.7 Å². The lowest BCUT2D eigenvalue weighted by Crippen LogP contribution is -2.52. The highest BCUT2D eigenvalue weighted by atomic mass is 32.2. The van der Waals surface area contributed by atoms with Gasteiger partial charge in [0.2, 0.25) is 5.91 Å². The van der Waals surface area contributed by atoms with E-state index in [-0.39, 0.29) is 23.6 Å². The summed E-state index contributed by atoms with van der Waals surface area (Å²) in [5.74, 6) is 1.09. The molecule has 2 unspecified atom stereocenters. The fraction of sp³-hybridized carbons (Fsp3) is 0.562. The summed E-state index contributed by atoms with van der Waals surface area (Å²) in [6.07, 6.45) is 4.90. The molecule has 24 heavy (non-hydrogen) atoms. The Hall–Kier alpha value is -1.38. The maximum atomic E-state index is 12.5. The first-order valence-electron chi connectivity index (χ1n) is 8.15. The Balaban J connectivity index is 1.58. The molecule has 1 amide bonds. The standard InChI is InChI=1S/C16H22N4O2S2/c1-11(17)13-4-2-3-5-19(13)15(22)10-23-9-12-8-14(21)20-6-7-24-16(20)18-12/h6-8,11,13H,2-5,9-10,17H2,1H3. The minimum atomic E-state index is -0.0729. The molecule has 2 atom stereocenters. The minimum absolute atomic E-state index is 0.00204. The summed E-state index contributed by atoms with van der Waals surface area (Å²) in [6, 6.07) is 1.70. The number of fused-ring (bicyclic) bond motifs is 1. The molecule has 2 aromatic heterocycles. The van der Waals surface area contributed by atoms with E-state index < -0.39 is 0 Å². The van der Waals surface area contributed by atoms with Crippen LogP contribution in [0, 0.1) is 0 Å². The third-order valence-electron chi connectivity index (χ3n) is 4.31. The molecule has 3 heterocycles. The molecule has 1 aliphatic heterocycles. The Kier molecular flexibility index (Phi) is 5.57. The van der Waals surface area contributed by atoms with Crippen LogP contribution in [0.25, 0.3) is 4.96 Å². The van der Waals surface area contributed by atoms with Gasteiger partial charge in [0.05, 0.1) is 11.4 Å². The number of hydrogen-bond donors (Lipinski definition) is 1. The van der Waals surface area contributed by atoms with Crippen LogP contribution in [-0.2, 0) is 10.5 Å². The highest BCUT2D eigenvalue weighted by Gasteiger charge is 2.28. The molecule has 8 heteroatoms. The molecule has 1 fully saturated rings. The number of rotatable bonds is 5. The number of carbonyl (C=O) groups is 1. The van der Waals surface area contributed by atoms with Crippen molar-refractivity contribution in [2.45, 2.75) is 44.0 Å². The van der Waals surface area contributed by atoms with E-state index in [0.717, 1.165) is 31.5 Å². The van der Waals surface area contributed by atoms with E-state index in [4.69, 9.17) is 5.73 Å². The highest BCUT2D eigenvalue weighted by molar-refractivity contribution is 7.99. The quantitative estimate of drug-likeness (QED) is 0.871. The highest BCUT2D eigenvalue weighted by Crippen LogP contribution is 2.21. The van der Waals surface area contributed by atoms with Crippen molar-refractivity contribution in [3.63, 3.8) is 0 Å². The Morgan fingerprint density at radius 2 is 2.38 bits per heavy atom. The number of likely N-dealkylation sites (tertiary alicyclic amines) is 1. The number of piperidine rings is 1. The van der Waals surface area contributed by atoms with E-state index in [1.807, 2.05) is 17.2 Å². The van der Waals surface area contributed by atoms with E-state index in [1.165, 1.54) is 27.5 Å². The largest absolute Gasteiger partial charge is 0.337 e. The van der Waals surface area contributed by atoms with Crippen molar-refractivity contribution in [1.29, 1.82) is 0 Å². The number of thioether (sulfide) groups is 1. The van der Waals surface area contributed by atoms with Crippen molar-refractivity contribution in [2.75, 3.05) is 12.3 Å². The molecule has 0 saturated carbocycles. The molecule has 0 radical (unpaired) electrons. The van der Waals surface area contributed by atoms with Crippen LogP contribution in [0.2, 0.25) is 0 Å². The van der Waals surface area contributed by atoms with Crippen molar-refractivity contribution in [3.8, 4) is 0 Å². The van der Waals surface area contributed by atoms with Crippen LogP contribution < -0.4 is 11.3 Å². The summed E-state index contributed by atoms with van der Waals surface area (Å²) in [5, 5.41) is 1.84. The number of amides is 1. The van der Waals surface area contributed by atoms with E-state index >= 15 is 0 Å². The van der Waals surface area contributed by atoms with Gasteiger partial charge >= 0.3 is 0 Å². The normalized spacial score (nSPS) is 19.6. The maximum Gasteiger partial charge on any atom is 0.258 e. The summed E-state index contributed by atoms with van der Waals surface area (Å²) in [6.45, 7) is 2.77. The van der Waals surface area contributed by atoms with Gasteiger partial charge in [-0.05, 0) is 26.2 Å². The summed E-state index contributed by atoms with van der Waals surface area (Å²) >= 11 is 2.94. The maximum absolute atomic E-state index is 12.5. The molecule has 0 aromatic carbocycles. The number of nitrogens with two attached hydrogens (primary N) is 1. The molecule has 0 bridgehead atoms. The monoisotopic (exact) mass is 366 g/mol. The summed E-state index contributed by atoms with van der Waals surface area (Å²) in [7, 11) is 0. The first-order chi connectivity index (χ1) is 11.6. The third-order valence-corrected chi connectivity index (χ3v) is 6.02. The lowest BCUT2D eigenvalue weighted by Gasteiger charge is -2.38. The average molecular weight is 367 g/mol. The van der Waals surface area contributed by atoms with Crippen LogP contribution in [0.1, 0.15) is 31.9 Å². The first-order valence-corrected chi connectivity index (χ1v) is 10.2. The molecule has 130 valence electrons. The number of thiazole rings is 1. The summed E-state index contributed by atoms with van der Waals surface area (Å²) in [5.41, 5.74) is 6.68. The second-order valence-corrected chi connectivity index (χ2v) is 8.00. The van der Waals surface area contributed by atoms with Gasteiger partial charge in [-0.2, -0.15) is 0 Å². The van der Waals surface area contributed by atoms with E-state index in [1.54, 1.807) is 12.3 Å². The Morgan fingerprint density at radius 3 is 3.17 bits per heavy atom. The van der Waals surface area contributed by atoms with Gasteiger partial charge in [-0.25, -0.2) is 4.98 Å². The van der Waals surface area contributed by atoms with E-state index in [2.05, 4.69) is 4.98 Å². The molecule has 2 N–H and O–H groups in total.